The Labute approximate surface area is 204 Å². The maximum Gasteiger partial charge on any atom is 0.224 e. The molecule has 6 heteroatoms. The zero-order chi connectivity index (χ0) is 24.1. The minimum Gasteiger partial charge on any atom is -0.393 e. The van der Waals surface area contributed by atoms with Crippen molar-refractivity contribution < 1.29 is 5.11 Å². The number of aromatic nitrogens is 3. The van der Waals surface area contributed by atoms with Gasteiger partial charge in [0.05, 0.1) is 6.10 Å². The molecule has 1 aliphatic rings. The van der Waals surface area contributed by atoms with Gasteiger partial charge in [0.1, 0.15) is 5.65 Å². The molecule has 2 N–H and O–H groups in total. The van der Waals surface area contributed by atoms with E-state index < -0.39 is 0 Å². The molecule has 34 heavy (non-hydrogen) atoms. The number of nitrogens with one attached hydrogen (secondary N) is 1. The molecule has 0 aliphatic heterocycles. The molecule has 4 rings (SSSR count). The van der Waals surface area contributed by atoms with Crippen LogP contribution in [0, 0.1) is 0 Å². The molecule has 0 saturated heterocycles. The fourth-order valence-corrected chi connectivity index (χ4v) is 5.16. The van der Waals surface area contributed by atoms with E-state index in [1.807, 2.05) is 6.20 Å². The van der Waals surface area contributed by atoms with Gasteiger partial charge >= 0.3 is 0 Å². The Morgan fingerprint density at radius 2 is 1.79 bits per heavy atom. The highest BCUT2D eigenvalue weighted by Crippen LogP contribution is 2.36. The fourth-order valence-electron chi connectivity index (χ4n) is 5.16. The molecule has 6 nitrogen and oxygen atoms in total. The van der Waals surface area contributed by atoms with Gasteiger partial charge in [-0.05, 0) is 63.2 Å². The van der Waals surface area contributed by atoms with Gasteiger partial charge in [0, 0.05) is 42.0 Å². The quantitative estimate of drug-likeness (QED) is 0.385. The van der Waals surface area contributed by atoms with Gasteiger partial charge in [-0.15, -0.1) is 0 Å². The summed E-state index contributed by atoms with van der Waals surface area (Å²) in [5.74, 6) is 0.699. The van der Waals surface area contributed by atoms with Crippen molar-refractivity contribution in [1.82, 2.24) is 19.4 Å². The standard InChI is InChI=1S/C28H41N5O/c1-5-8-20(4)30-28-29-17-25-26(22-11-9-21(10-12-22)18-32(6-2)7-3)19-33(27(25)31-28)23-13-15-24(34)16-14-23/h9-12,17,19-20,23-24,34H,5-8,13-16,18H2,1-4H3,(H,29,30,31)/t20?,23-,24-. The maximum absolute atomic E-state index is 10.0. The molecule has 0 radical (unpaired) electrons. The van der Waals surface area contributed by atoms with Gasteiger partial charge in [-0.25, -0.2) is 4.98 Å². The van der Waals surface area contributed by atoms with E-state index in [2.05, 4.69) is 77.9 Å². The number of fused-ring (bicyclic) bond motifs is 1. The maximum atomic E-state index is 10.0. The third-order valence-corrected chi connectivity index (χ3v) is 7.29. The highest BCUT2D eigenvalue weighted by molar-refractivity contribution is 5.94. The van der Waals surface area contributed by atoms with E-state index in [1.165, 1.54) is 16.7 Å². The lowest BCUT2D eigenvalue weighted by Crippen LogP contribution is -2.21. The van der Waals surface area contributed by atoms with E-state index in [0.717, 1.165) is 69.2 Å². The summed E-state index contributed by atoms with van der Waals surface area (Å²) < 4.78 is 2.34. The third kappa shape index (κ3) is 5.61. The molecule has 1 atom stereocenters. The molecule has 0 amide bonds. The Morgan fingerprint density at radius 1 is 1.09 bits per heavy atom. The largest absolute Gasteiger partial charge is 0.393 e. The predicted octanol–water partition coefficient (Wildman–Crippen LogP) is 6.02. The van der Waals surface area contributed by atoms with Crippen LogP contribution >= 0.6 is 0 Å². The second-order valence-corrected chi connectivity index (χ2v) is 9.84. The minimum absolute atomic E-state index is 0.169. The van der Waals surface area contributed by atoms with Crippen LogP contribution in [0.4, 0.5) is 5.95 Å². The first-order chi connectivity index (χ1) is 16.5. The summed E-state index contributed by atoms with van der Waals surface area (Å²) in [6, 6.07) is 9.66. The molecule has 1 aliphatic carbocycles. The van der Waals surface area contributed by atoms with Gasteiger partial charge in [-0.3, -0.25) is 4.90 Å². The number of aliphatic hydroxyl groups excluding tert-OH is 1. The van der Waals surface area contributed by atoms with E-state index in [1.54, 1.807) is 0 Å². The monoisotopic (exact) mass is 463 g/mol. The number of benzene rings is 1. The van der Waals surface area contributed by atoms with Gasteiger partial charge in [-0.1, -0.05) is 51.5 Å². The second kappa shape index (κ2) is 11.3. The SMILES string of the molecule is CCCC(C)Nc1ncc2c(-c3ccc(CN(CC)CC)cc3)cn([C@H]3CC[C@H](O)CC3)c2n1. The lowest BCUT2D eigenvalue weighted by atomic mass is 9.93. The summed E-state index contributed by atoms with van der Waals surface area (Å²) in [5.41, 5.74) is 4.71. The van der Waals surface area contributed by atoms with Crippen LogP contribution in [-0.2, 0) is 6.54 Å². The van der Waals surface area contributed by atoms with Gasteiger partial charge < -0.3 is 15.0 Å². The van der Waals surface area contributed by atoms with Crippen LogP contribution in [0.5, 0.6) is 0 Å². The molecule has 0 spiro atoms. The van der Waals surface area contributed by atoms with Gasteiger partial charge in [-0.2, -0.15) is 4.98 Å². The Balaban J connectivity index is 1.69. The summed E-state index contributed by atoms with van der Waals surface area (Å²) in [7, 11) is 0. The topological polar surface area (TPSA) is 66.2 Å². The Morgan fingerprint density at radius 3 is 2.44 bits per heavy atom. The lowest BCUT2D eigenvalue weighted by molar-refractivity contribution is 0.111. The second-order valence-electron chi connectivity index (χ2n) is 9.84. The van der Waals surface area contributed by atoms with Gasteiger partial charge in [0.2, 0.25) is 5.95 Å². The predicted molar refractivity (Wildman–Crippen MR) is 141 cm³/mol. The van der Waals surface area contributed by atoms with Gasteiger partial charge in [0.15, 0.2) is 0 Å². The highest BCUT2D eigenvalue weighted by Gasteiger charge is 2.24. The van der Waals surface area contributed by atoms with E-state index in [9.17, 15) is 5.11 Å². The van der Waals surface area contributed by atoms with Crippen molar-refractivity contribution in [3.8, 4) is 11.1 Å². The van der Waals surface area contributed by atoms with Crippen LogP contribution in [-0.4, -0.2) is 49.8 Å². The van der Waals surface area contributed by atoms with E-state index in [0.29, 0.717) is 18.0 Å². The molecule has 2 aromatic heterocycles. The van der Waals surface area contributed by atoms with Crippen LogP contribution < -0.4 is 5.32 Å². The average Bonchev–Trinajstić information content (AvgIpc) is 3.22. The van der Waals surface area contributed by atoms with Crippen LogP contribution in [0.2, 0.25) is 0 Å². The molecule has 2 heterocycles. The van der Waals surface area contributed by atoms with Crippen molar-refractivity contribution >= 4 is 17.0 Å². The van der Waals surface area contributed by atoms with Crippen molar-refractivity contribution in [3.05, 3.63) is 42.2 Å². The van der Waals surface area contributed by atoms with E-state index in [-0.39, 0.29) is 6.10 Å². The molecule has 1 fully saturated rings. The normalized spacial score (nSPS) is 19.6. The Bertz CT molecular complexity index is 1050. The highest BCUT2D eigenvalue weighted by atomic mass is 16.3. The molecular weight excluding hydrogens is 422 g/mol. The number of anilines is 1. The molecule has 1 aromatic carbocycles. The van der Waals surface area contributed by atoms with Crippen molar-refractivity contribution in [2.45, 2.75) is 91.0 Å². The third-order valence-electron chi connectivity index (χ3n) is 7.29. The minimum atomic E-state index is -0.169. The zero-order valence-corrected chi connectivity index (χ0v) is 21.3. The van der Waals surface area contributed by atoms with E-state index >= 15 is 0 Å². The summed E-state index contributed by atoms with van der Waals surface area (Å²) in [5, 5.41) is 14.6. The molecule has 184 valence electrons. The zero-order valence-electron chi connectivity index (χ0n) is 21.3. The summed E-state index contributed by atoms with van der Waals surface area (Å²) >= 11 is 0. The molecule has 0 bridgehead atoms. The molecule has 3 aromatic rings. The number of hydrogen-bond donors (Lipinski definition) is 2. The Hall–Kier alpha value is -2.44. The van der Waals surface area contributed by atoms with Crippen molar-refractivity contribution in [2.24, 2.45) is 0 Å². The number of aliphatic hydroxyl groups is 1. The van der Waals surface area contributed by atoms with Crippen LogP contribution in [0.25, 0.3) is 22.2 Å². The van der Waals surface area contributed by atoms with E-state index in [4.69, 9.17) is 4.98 Å². The van der Waals surface area contributed by atoms with Crippen molar-refractivity contribution in [2.75, 3.05) is 18.4 Å². The first-order valence-corrected chi connectivity index (χ1v) is 13.2. The number of nitrogens with zero attached hydrogens (tertiary/aromatic N) is 4. The van der Waals surface area contributed by atoms with Crippen molar-refractivity contribution in [3.63, 3.8) is 0 Å². The number of hydrogen-bond acceptors (Lipinski definition) is 5. The van der Waals surface area contributed by atoms with Gasteiger partial charge in [0.25, 0.3) is 0 Å². The van der Waals surface area contributed by atoms with Crippen molar-refractivity contribution in [1.29, 1.82) is 0 Å². The fraction of sp³-hybridized carbons (Fsp3) is 0.571. The molecule has 1 unspecified atom stereocenters. The smallest absolute Gasteiger partial charge is 0.224 e. The summed E-state index contributed by atoms with van der Waals surface area (Å²) in [4.78, 5) is 12.1. The average molecular weight is 464 g/mol. The van der Waals surface area contributed by atoms with Crippen LogP contribution in [0.3, 0.4) is 0 Å². The van der Waals surface area contributed by atoms with Crippen LogP contribution in [0.15, 0.2) is 36.7 Å². The molecule has 1 saturated carbocycles. The first-order valence-electron chi connectivity index (χ1n) is 13.2. The lowest BCUT2D eigenvalue weighted by Gasteiger charge is -2.27. The summed E-state index contributed by atoms with van der Waals surface area (Å²) in [6.07, 6.45) is 9.96. The van der Waals surface area contributed by atoms with Crippen LogP contribution in [0.1, 0.15) is 77.8 Å². The molecular formula is C28H41N5O. The summed E-state index contributed by atoms with van der Waals surface area (Å²) in [6.45, 7) is 11.9. The first kappa shape index (κ1) is 24.7. The number of rotatable bonds is 10. The Kier molecular flexibility index (Phi) is 8.22.